The van der Waals surface area contributed by atoms with Crippen molar-refractivity contribution in [3.05, 3.63) is 81.9 Å². The molecule has 174 valence electrons. The fraction of sp³-hybridized carbons (Fsp3) is 0.143. The van der Waals surface area contributed by atoms with Crippen LogP contribution in [0, 0.1) is 82.8 Å². The summed E-state index contributed by atoms with van der Waals surface area (Å²) in [6, 6.07) is 0. The van der Waals surface area contributed by atoms with Crippen LogP contribution in [0.4, 0.5) is 0 Å². The Kier molecular flexibility index (Phi) is 42.0. The second kappa shape index (κ2) is 27.1. The Morgan fingerprint density at radius 1 is 0.724 bits per heavy atom. The first-order chi connectivity index (χ1) is 11.1. The van der Waals surface area contributed by atoms with Gasteiger partial charge in [-0.15, -0.1) is 10.2 Å². The molecular weight excluding hydrogens is 573 g/mol. The molecule has 2 aliphatic heterocycles. The van der Waals surface area contributed by atoms with E-state index < -0.39 is 15.3 Å². The van der Waals surface area contributed by atoms with Crippen molar-refractivity contribution in [2.24, 2.45) is 20.7 Å². The van der Waals surface area contributed by atoms with Crippen molar-refractivity contribution < 1.29 is 74.0 Å². The molecule has 2 aliphatic rings. The Morgan fingerprint density at radius 2 is 0.966 bits per heavy atom. The number of allylic oxidation sites excluding steroid dienone is 3. The molecule has 0 aliphatic carbocycles. The molecule has 0 aromatic heterocycles. The molecular formula is C7H19N8O13Tm+4. The van der Waals surface area contributed by atoms with E-state index in [9.17, 15) is 0 Å². The largest absolute Gasteiger partial charge is 3.00 e. The summed E-state index contributed by atoms with van der Waals surface area (Å²) in [5, 5.41) is 58.5. The van der Waals surface area contributed by atoms with E-state index in [0.29, 0.717) is 5.82 Å². The second-order valence-corrected chi connectivity index (χ2v) is 3.13. The van der Waals surface area contributed by atoms with Gasteiger partial charge in [0.1, 0.15) is 0 Å². The standard InChI is InChI=1S/C7H7N5.3NO3.4H2O.Tm/c1-12-4-2-6(3-5-12)7-8-10-11-9-7;3*2-1(3)4;;;;;/h2-5H,1H3;;;;4*1H2;/q;3*-1;;;;;+3/p+4. The normalized spacial score (nSPS) is 10.7. The van der Waals surface area contributed by atoms with Crippen LogP contribution >= 0.6 is 0 Å². The summed E-state index contributed by atoms with van der Waals surface area (Å²) in [7, 11) is 1.95. The van der Waals surface area contributed by atoms with Crippen LogP contribution < -0.4 is 0 Å². The minimum atomic E-state index is -1.75. The van der Waals surface area contributed by atoms with Crippen LogP contribution in [0.1, 0.15) is 0 Å². The first-order valence-corrected chi connectivity index (χ1v) is 5.15. The van der Waals surface area contributed by atoms with Crippen LogP contribution in [0.15, 0.2) is 56.6 Å². The Hall–Kier alpha value is -3.11. The minimum Gasteiger partial charge on any atom is -0.457 e. The van der Waals surface area contributed by atoms with Crippen LogP contribution in [-0.4, -0.2) is 27.2 Å². The zero-order valence-electron chi connectivity index (χ0n) is 14.1. The summed E-state index contributed by atoms with van der Waals surface area (Å²) in [5.74, 6) is 0.565. The van der Waals surface area contributed by atoms with E-state index in [1.807, 2.05) is 36.5 Å². The quantitative estimate of drug-likeness (QED) is 0.163. The van der Waals surface area contributed by atoms with Crippen molar-refractivity contribution in [2.45, 2.75) is 0 Å². The molecule has 0 atom stereocenters. The van der Waals surface area contributed by atoms with Gasteiger partial charge in [-0.3, -0.25) is 0 Å². The van der Waals surface area contributed by atoms with Gasteiger partial charge in [0, 0.05) is 25.0 Å². The Balaban J connectivity index is -0.0000000495. The summed E-state index contributed by atoms with van der Waals surface area (Å²) in [4.78, 5) is 26.7. The summed E-state index contributed by atoms with van der Waals surface area (Å²) in [5.41, 5.74) is 0.929. The van der Waals surface area contributed by atoms with E-state index in [4.69, 9.17) is 46.0 Å². The smallest absolute Gasteiger partial charge is 0.457 e. The van der Waals surface area contributed by atoms with E-state index in [1.165, 1.54) is 0 Å². The number of hydrogen-bond donors (Lipinski definition) is 0. The van der Waals surface area contributed by atoms with Gasteiger partial charge in [0.05, 0.1) is 15.3 Å². The molecule has 0 saturated carbocycles. The van der Waals surface area contributed by atoms with Crippen LogP contribution in [0.2, 0.25) is 0 Å². The monoisotopic (exact) mass is 592 g/mol. The maximum Gasteiger partial charge on any atom is 3.00 e. The Bertz CT molecular complexity index is 535. The molecule has 0 unspecified atom stereocenters. The molecule has 0 fully saturated rings. The molecule has 0 radical (unpaired) electrons. The van der Waals surface area contributed by atoms with Crippen molar-refractivity contribution in [2.75, 3.05) is 7.05 Å². The maximum atomic E-state index is 8.25. The van der Waals surface area contributed by atoms with E-state index in [1.54, 1.807) is 0 Å². The Morgan fingerprint density at radius 3 is 1.21 bits per heavy atom. The summed E-state index contributed by atoms with van der Waals surface area (Å²) in [6.45, 7) is 0. The third kappa shape index (κ3) is 40.7. The van der Waals surface area contributed by atoms with Gasteiger partial charge in [0.25, 0.3) is 0 Å². The molecule has 0 amide bonds. The predicted molar refractivity (Wildman–Crippen MR) is 93.4 cm³/mol. The predicted octanol–water partition coefficient (Wildman–Crippen LogP) is -2.40. The topological polar surface area (TPSA) is 383 Å². The molecule has 0 aromatic rings. The van der Waals surface area contributed by atoms with E-state index in [2.05, 4.69) is 20.7 Å². The van der Waals surface area contributed by atoms with Gasteiger partial charge in [-0.1, -0.05) is 0 Å². The van der Waals surface area contributed by atoms with Crippen LogP contribution in [0.3, 0.4) is 0 Å². The van der Waals surface area contributed by atoms with Gasteiger partial charge in [-0.25, -0.2) is 0 Å². The summed E-state index contributed by atoms with van der Waals surface area (Å²) in [6.07, 6.45) is 7.68. The van der Waals surface area contributed by atoms with Crippen molar-refractivity contribution in [1.82, 2.24) is 4.90 Å². The molecule has 0 spiro atoms. The molecule has 2 heterocycles. The Labute approximate surface area is 188 Å². The third-order valence-corrected chi connectivity index (χ3v) is 1.56. The molecule has 2 rings (SSSR count). The van der Waals surface area contributed by atoms with Crippen molar-refractivity contribution >= 4 is 0 Å². The van der Waals surface area contributed by atoms with Crippen LogP contribution in [0.5, 0.6) is 0 Å². The average Bonchev–Trinajstić information content (AvgIpc) is 2.91. The first kappa shape index (κ1) is 45.0. The molecule has 12 N–H and O–H groups in total. The van der Waals surface area contributed by atoms with Crippen molar-refractivity contribution in [3.63, 3.8) is 0 Å². The summed E-state index contributed by atoms with van der Waals surface area (Å²) < 4.78 is 0. The molecule has 0 bridgehead atoms. The van der Waals surface area contributed by atoms with Gasteiger partial charge < -0.3 is 72.8 Å². The molecule has 29 heavy (non-hydrogen) atoms. The molecule has 0 saturated heterocycles. The fourth-order valence-corrected chi connectivity index (χ4v) is 0.910. The number of nitrogens with zero attached hydrogens (tertiary/aromatic N) is 8. The van der Waals surface area contributed by atoms with E-state index in [0.717, 1.165) is 5.57 Å². The van der Waals surface area contributed by atoms with Crippen LogP contribution in [0.25, 0.3) is 0 Å². The van der Waals surface area contributed by atoms with Crippen molar-refractivity contribution in [3.8, 4) is 0 Å². The minimum absolute atomic E-state index is 0. The number of rotatable bonds is 0. The van der Waals surface area contributed by atoms with Crippen LogP contribution in [-0.2, 0) is 21.9 Å². The van der Waals surface area contributed by atoms with Gasteiger partial charge in [-0.2, -0.15) is 0 Å². The average molecular weight is 592 g/mol. The second-order valence-electron chi connectivity index (χ2n) is 3.13. The fourth-order valence-electron chi connectivity index (χ4n) is 0.910. The maximum absolute atomic E-state index is 8.25. The van der Waals surface area contributed by atoms with Crippen molar-refractivity contribution in [1.29, 1.82) is 0 Å². The van der Waals surface area contributed by atoms with Gasteiger partial charge >= 0.3 is 36.9 Å². The molecule has 22 heteroatoms. The SMILES string of the molecule is CN1C=CC(=C2N=NN=N2)C=C1.O=[N+]([O-])[O-].O=[N+]([O-])[O-].O=[N+]([O-])[O-].[OH3+].[OH3+].[OH3+].[OH3+].[Tm+3]. The molecule has 0 aromatic carbocycles. The van der Waals surface area contributed by atoms with Gasteiger partial charge in [0.15, 0.2) is 0 Å². The van der Waals surface area contributed by atoms with Gasteiger partial charge in [0.2, 0.25) is 5.82 Å². The number of hydrogen-bond acceptors (Lipinski definition) is 14. The molecule has 21 nitrogen and oxygen atoms in total. The third-order valence-electron chi connectivity index (χ3n) is 1.56. The zero-order chi connectivity index (χ0) is 19.1. The van der Waals surface area contributed by atoms with E-state index >= 15 is 0 Å². The first-order valence-electron chi connectivity index (χ1n) is 5.15. The van der Waals surface area contributed by atoms with Gasteiger partial charge in [-0.05, 0) is 22.6 Å². The zero-order valence-corrected chi connectivity index (χ0v) is 15.9. The van der Waals surface area contributed by atoms with E-state index in [-0.39, 0.29) is 58.8 Å². The summed E-state index contributed by atoms with van der Waals surface area (Å²) >= 11 is 0.